The zero-order chi connectivity index (χ0) is 25.2. The fourth-order valence-electron chi connectivity index (χ4n) is 3.82. The van der Waals surface area contributed by atoms with Gasteiger partial charge in [0.1, 0.15) is 30.1 Å². The van der Waals surface area contributed by atoms with Gasteiger partial charge in [-0.05, 0) is 67.6 Å². The molecular formula is C26H24FN3O6. The van der Waals surface area contributed by atoms with Crippen LogP contribution in [0.25, 0.3) is 0 Å². The first-order valence-corrected chi connectivity index (χ1v) is 11.6. The van der Waals surface area contributed by atoms with E-state index in [0.717, 1.165) is 12.8 Å². The van der Waals surface area contributed by atoms with Crippen LogP contribution in [-0.2, 0) is 11.3 Å². The summed E-state index contributed by atoms with van der Waals surface area (Å²) >= 11 is 0. The molecule has 0 spiro atoms. The van der Waals surface area contributed by atoms with Crippen LogP contribution < -0.4 is 19.7 Å². The molecule has 0 bridgehead atoms. The molecule has 186 valence electrons. The van der Waals surface area contributed by atoms with Gasteiger partial charge in [-0.2, -0.15) is 0 Å². The van der Waals surface area contributed by atoms with E-state index in [2.05, 4.69) is 10.3 Å². The van der Waals surface area contributed by atoms with E-state index in [4.69, 9.17) is 13.9 Å². The third kappa shape index (κ3) is 5.22. The summed E-state index contributed by atoms with van der Waals surface area (Å²) < 4.78 is 29.8. The molecule has 0 unspecified atom stereocenters. The molecule has 36 heavy (non-hydrogen) atoms. The molecule has 2 aliphatic rings. The molecule has 0 atom stereocenters. The molecule has 2 aromatic carbocycles. The summed E-state index contributed by atoms with van der Waals surface area (Å²) in [7, 11) is 0. The molecule has 1 aliphatic heterocycles. The standard InChI is InChI=1S/C26H24FN3O6/c1-15-8-18(27)5-7-22(15)34-13-21(31)17-4-6-23-20(9-17)30(25(32)14-35-23)11-24-29-19(12-36-24)26(33)28-10-16-2-3-16/h4-9,12,16H,2-3,10-11,13-14H2,1H3,(H,28,33). The minimum atomic E-state index is -0.386. The van der Waals surface area contributed by atoms with Crippen LogP contribution in [0, 0.1) is 18.7 Å². The SMILES string of the molecule is Cc1cc(F)ccc1OCC(=O)c1ccc2c(c1)N(Cc1nc(C(=O)NCC3CC3)co1)C(=O)CO2. The van der Waals surface area contributed by atoms with E-state index >= 15 is 0 Å². The van der Waals surface area contributed by atoms with E-state index < -0.39 is 0 Å². The number of Topliss-reactive ketones (excluding diaryl/α,β-unsaturated/α-hetero) is 1. The van der Waals surface area contributed by atoms with E-state index in [9.17, 15) is 18.8 Å². The Kier molecular flexibility index (Phi) is 6.41. The van der Waals surface area contributed by atoms with Gasteiger partial charge in [0.15, 0.2) is 24.7 Å². The molecular weight excluding hydrogens is 469 g/mol. The number of aryl methyl sites for hydroxylation is 1. The second kappa shape index (κ2) is 9.80. The van der Waals surface area contributed by atoms with Crippen LogP contribution in [0.4, 0.5) is 10.1 Å². The fourth-order valence-corrected chi connectivity index (χ4v) is 3.82. The minimum absolute atomic E-state index is 0.0337. The molecule has 1 aromatic heterocycles. The molecule has 2 heterocycles. The van der Waals surface area contributed by atoms with Gasteiger partial charge in [0, 0.05) is 12.1 Å². The van der Waals surface area contributed by atoms with Gasteiger partial charge in [0.25, 0.3) is 11.8 Å². The predicted octanol–water partition coefficient (Wildman–Crippen LogP) is 3.45. The van der Waals surface area contributed by atoms with Gasteiger partial charge >= 0.3 is 0 Å². The van der Waals surface area contributed by atoms with Gasteiger partial charge in [-0.3, -0.25) is 19.3 Å². The van der Waals surface area contributed by atoms with Crippen molar-refractivity contribution in [3.8, 4) is 11.5 Å². The quantitative estimate of drug-likeness (QED) is 0.455. The van der Waals surface area contributed by atoms with Gasteiger partial charge in [0.2, 0.25) is 5.89 Å². The van der Waals surface area contributed by atoms with Gasteiger partial charge < -0.3 is 19.2 Å². The summed E-state index contributed by atoms with van der Waals surface area (Å²) in [6.45, 7) is 1.82. The van der Waals surface area contributed by atoms with E-state index in [1.807, 2.05) is 0 Å². The lowest BCUT2D eigenvalue weighted by Gasteiger charge is -2.28. The third-order valence-corrected chi connectivity index (χ3v) is 6.05. The maximum absolute atomic E-state index is 13.3. The summed E-state index contributed by atoms with van der Waals surface area (Å²) in [5.74, 6) is 0.162. The van der Waals surface area contributed by atoms with Crippen LogP contribution in [-0.4, -0.2) is 42.3 Å². The number of nitrogens with zero attached hydrogens (tertiary/aromatic N) is 2. The largest absolute Gasteiger partial charge is 0.485 e. The molecule has 1 aliphatic carbocycles. The number of oxazole rings is 1. The number of nitrogens with one attached hydrogen (secondary N) is 1. The average molecular weight is 493 g/mol. The van der Waals surface area contributed by atoms with Crippen LogP contribution in [0.3, 0.4) is 0 Å². The highest BCUT2D eigenvalue weighted by molar-refractivity contribution is 6.02. The first kappa shape index (κ1) is 23.5. The summed E-state index contributed by atoms with van der Waals surface area (Å²) in [5, 5.41) is 2.82. The predicted molar refractivity (Wildman–Crippen MR) is 126 cm³/mol. The van der Waals surface area contributed by atoms with Gasteiger partial charge in [0.05, 0.1) is 5.69 Å². The Hall–Kier alpha value is -4.21. The average Bonchev–Trinajstić information content (AvgIpc) is 3.58. The van der Waals surface area contributed by atoms with Crippen molar-refractivity contribution in [2.24, 2.45) is 5.92 Å². The molecule has 2 amide bonds. The van der Waals surface area contributed by atoms with Crippen molar-refractivity contribution in [1.82, 2.24) is 10.3 Å². The first-order valence-electron chi connectivity index (χ1n) is 11.6. The number of amides is 2. The van der Waals surface area contributed by atoms with E-state index in [0.29, 0.717) is 40.8 Å². The number of hydrogen-bond acceptors (Lipinski definition) is 7. The second-order valence-corrected chi connectivity index (χ2v) is 8.85. The number of fused-ring (bicyclic) bond motifs is 1. The lowest BCUT2D eigenvalue weighted by molar-refractivity contribution is -0.121. The Labute approximate surface area is 206 Å². The van der Waals surface area contributed by atoms with Crippen molar-refractivity contribution in [2.45, 2.75) is 26.3 Å². The highest BCUT2D eigenvalue weighted by atomic mass is 19.1. The summed E-state index contributed by atoms with van der Waals surface area (Å²) in [5.41, 5.74) is 1.41. The van der Waals surface area contributed by atoms with E-state index in [1.165, 1.54) is 29.4 Å². The second-order valence-electron chi connectivity index (χ2n) is 8.85. The van der Waals surface area contributed by atoms with E-state index in [-0.39, 0.29) is 54.8 Å². The van der Waals surface area contributed by atoms with Crippen LogP contribution in [0.15, 0.2) is 47.1 Å². The van der Waals surface area contributed by atoms with Crippen LogP contribution in [0.1, 0.15) is 45.1 Å². The fraction of sp³-hybridized carbons (Fsp3) is 0.308. The van der Waals surface area contributed by atoms with Gasteiger partial charge in [-0.1, -0.05) is 0 Å². The molecule has 10 heteroatoms. The smallest absolute Gasteiger partial charge is 0.273 e. The molecule has 3 aromatic rings. The molecule has 9 nitrogen and oxygen atoms in total. The van der Waals surface area contributed by atoms with Crippen LogP contribution >= 0.6 is 0 Å². The molecule has 0 radical (unpaired) electrons. The van der Waals surface area contributed by atoms with Crippen molar-refractivity contribution in [3.63, 3.8) is 0 Å². The number of ether oxygens (including phenoxy) is 2. The first-order chi connectivity index (χ1) is 17.4. The molecule has 1 fully saturated rings. The zero-order valence-corrected chi connectivity index (χ0v) is 19.6. The topological polar surface area (TPSA) is 111 Å². The monoisotopic (exact) mass is 493 g/mol. The molecule has 1 saturated carbocycles. The number of carbonyl (C=O) groups is 3. The van der Waals surface area contributed by atoms with Crippen LogP contribution in [0.2, 0.25) is 0 Å². The zero-order valence-electron chi connectivity index (χ0n) is 19.6. The highest BCUT2D eigenvalue weighted by Gasteiger charge is 2.29. The summed E-state index contributed by atoms with van der Waals surface area (Å²) in [6, 6.07) is 8.79. The lowest BCUT2D eigenvalue weighted by atomic mass is 10.1. The Morgan fingerprint density at radius 1 is 1.22 bits per heavy atom. The Bertz CT molecular complexity index is 1330. The number of ketones is 1. The Morgan fingerprint density at radius 2 is 2.06 bits per heavy atom. The Morgan fingerprint density at radius 3 is 2.83 bits per heavy atom. The number of halogens is 1. The minimum Gasteiger partial charge on any atom is -0.485 e. The summed E-state index contributed by atoms with van der Waals surface area (Å²) in [6.07, 6.45) is 3.49. The summed E-state index contributed by atoms with van der Waals surface area (Å²) in [4.78, 5) is 43.3. The van der Waals surface area contributed by atoms with Gasteiger partial charge in [-0.25, -0.2) is 9.37 Å². The number of aromatic nitrogens is 1. The maximum Gasteiger partial charge on any atom is 0.273 e. The van der Waals surface area contributed by atoms with Crippen LogP contribution in [0.5, 0.6) is 11.5 Å². The third-order valence-electron chi connectivity index (χ3n) is 6.05. The van der Waals surface area contributed by atoms with E-state index in [1.54, 1.807) is 25.1 Å². The number of hydrogen-bond donors (Lipinski definition) is 1. The number of rotatable bonds is 9. The number of anilines is 1. The highest BCUT2D eigenvalue weighted by Crippen LogP contribution is 2.34. The normalized spacial score (nSPS) is 14.7. The molecule has 1 N–H and O–H groups in total. The van der Waals surface area contributed by atoms with Crippen molar-refractivity contribution >= 4 is 23.3 Å². The van der Waals surface area contributed by atoms with Crippen molar-refractivity contribution in [3.05, 3.63) is 71.2 Å². The molecule has 0 saturated heterocycles. The Balaban J connectivity index is 1.29. The number of benzene rings is 2. The van der Waals surface area contributed by atoms with Gasteiger partial charge in [-0.15, -0.1) is 0 Å². The lowest BCUT2D eigenvalue weighted by Crippen LogP contribution is -2.38. The maximum atomic E-state index is 13.3. The van der Waals surface area contributed by atoms with Crippen molar-refractivity contribution in [1.29, 1.82) is 0 Å². The van der Waals surface area contributed by atoms with Crippen molar-refractivity contribution in [2.75, 3.05) is 24.7 Å². The van der Waals surface area contributed by atoms with Crippen molar-refractivity contribution < 1.29 is 32.7 Å². The molecule has 5 rings (SSSR count). The number of carbonyl (C=O) groups excluding carboxylic acids is 3.